The lowest BCUT2D eigenvalue weighted by molar-refractivity contribution is 0.211. The van der Waals surface area contributed by atoms with Crippen LogP contribution in [0.25, 0.3) is 0 Å². The van der Waals surface area contributed by atoms with E-state index in [0.29, 0.717) is 4.47 Å². The van der Waals surface area contributed by atoms with Crippen LogP contribution >= 0.6 is 39.1 Å². The molecule has 0 heterocycles. The number of anilines is 1. The van der Waals surface area contributed by atoms with E-state index in [4.69, 9.17) is 23.2 Å². The number of alkyl halides is 1. The minimum atomic E-state index is -0.731. The number of aliphatic hydroxyl groups excluding tert-OH is 1. The van der Waals surface area contributed by atoms with Gasteiger partial charge in [-0.3, -0.25) is 0 Å². The average molecular weight is 317 g/mol. The lowest BCUT2D eigenvalue weighted by atomic mass is 10.3. The van der Waals surface area contributed by atoms with Crippen LogP contribution in [0.3, 0.4) is 0 Å². The van der Waals surface area contributed by atoms with Crippen molar-refractivity contribution in [2.75, 3.05) is 17.7 Å². The first-order valence-corrected chi connectivity index (χ1v) is 5.87. The summed E-state index contributed by atoms with van der Waals surface area (Å²) in [6, 6.07) is 2.86. The molecule has 0 spiro atoms. The van der Waals surface area contributed by atoms with Crippen molar-refractivity contribution in [3.05, 3.63) is 27.4 Å². The molecule has 84 valence electrons. The van der Waals surface area contributed by atoms with Gasteiger partial charge in [-0.1, -0.05) is 27.5 Å². The molecule has 15 heavy (non-hydrogen) atoms. The summed E-state index contributed by atoms with van der Waals surface area (Å²) in [7, 11) is 0. The molecule has 0 aromatic heterocycles. The first kappa shape index (κ1) is 13.0. The van der Waals surface area contributed by atoms with Gasteiger partial charge >= 0.3 is 0 Å². The number of hydrogen-bond acceptors (Lipinski definition) is 2. The lowest BCUT2D eigenvalue weighted by Gasteiger charge is -2.12. The summed E-state index contributed by atoms with van der Waals surface area (Å²) in [5, 5.41) is 12.1. The van der Waals surface area contributed by atoms with Crippen LogP contribution in [-0.2, 0) is 0 Å². The Morgan fingerprint density at radius 1 is 1.53 bits per heavy atom. The predicted octanol–water partition coefficient (Wildman–Crippen LogP) is 3.25. The van der Waals surface area contributed by atoms with E-state index in [-0.39, 0.29) is 23.1 Å². The Morgan fingerprint density at radius 3 is 2.73 bits per heavy atom. The summed E-state index contributed by atoms with van der Waals surface area (Å²) in [5.41, 5.74) is 0.170. The third-order valence-corrected chi connectivity index (χ3v) is 2.81. The lowest BCUT2D eigenvalue weighted by Crippen LogP contribution is -2.21. The minimum Gasteiger partial charge on any atom is -0.390 e. The zero-order valence-corrected chi connectivity index (χ0v) is 10.7. The fraction of sp³-hybridized carbons (Fsp3) is 0.333. The normalized spacial score (nSPS) is 12.6. The van der Waals surface area contributed by atoms with E-state index in [1.807, 2.05) is 0 Å². The maximum atomic E-state index is 13.4. The van der Waals surface area contributed by atoms with Crippen molar-refractivity contribution >= 4 is 44.8 Å². The van der Waals surface area contributed by atoms with Crippen LogP contribution in [0, 0.1) is 5.82 Å². The fourth-order valence-corrected chi connectivity index (χ4v) is 1.93. The maximum absolute atomic E-state index is 13.4. The summed E-state index contributed by atoms with van der Waals surface area (Å²) in [5.74, 6) is -0.390. The Bertz CT molecular complexity index is 328. The molecule has 1 aromatic rings. The molecule has 2 N–H and O–H groups in total. The van der Waals surface area contributed by atoms with Crippen LogP contribution in [0.5, 0.6) is 0 Å². The standard InChI is InChI=1S/C9H9BrCl2FNO/c10-5-1-7(12)9(8(13)2-5)14-4-6(15)3-11/h1-2,6,14-15H,3-4H2. The zero-order valence-electron chi connectivity index (χ0n) is 7.61. The molecule has 0 radical (unpaired) electrons. The van der Waals surface area contributed by atoms with Gasteiger partial charge in [-0.15, -0.1) is 11.6 Å². The summed E-state index contributed by atoms with van der Waals surface area (Å²) < 4.78 is 13.9. The van der Waals surface area contributed by atoms with Gasteiger partial charge in [-0.2, -0.15) is 0 Å². The molecule has 0 aliphatic heterocycles. The van der Waals surface area contributed by atoms with Gasteiger partial charge in [0.2, 0.25) is 0 Å². The van der Waals surface area contributed by atoms with Crippen LogP contribution in [0.4, 0.5) is 10.1 Å². The van der Waals surface area contributed by atoms with Gasteiger partial charge in [-0.05, 0) is 12.1 Å². The number of aliphatic hydroxyl groups is 1. The van der Waals surface area contributed by atoms with Gasteiger partial charge in [0.05, 0.1) is 22.7 Å². The third kappa shape index (κ3) is 3.79. The van der Waals surface area contributed by atoms with E-state index in [2.05, 4.69) is 21.2 Å². The number of hydrogen-bond donors (Lipinski definition) is 2. The van der Waals surface area contributed by atoms with Crippen molar-refractivity contribution < 1.29 is 9.50 Å². The Morgan fingerprint density at radius 2 is 2.20 bits per heavy atom. The second kappa shape index (κ2) is 5.89. The van der Waals surface area contributed by atoms with Crippen LogP contribution < -0.4 is 5.32 Å². The highest BCUT2D eigenvalue weighted by molar-refractivity contribution is 9.10. The first-order valence-electron chi connectivity index (χ1n) is 4.17. The molecule has 1 rings (SSSR count). The second-order valence-electron chi connectivity index (χ2n) is 2.93. The van der Waals surface area contributed by atoms with Crippen molar-refractivity contribution in [1.29, 1.82) is 0 Å². The van der Waals surface area contributed by atoms with E-state index in [0.717, 1.165) is 0 Å². The molecule has 0 fully saturated rings. The number of benzene rings is 1. The van der Waals surface area contributed by atoms with E-state index in [9.17, 15) is 9.50 Å². The van der Waals surface area contributed by atoms with Crippen molar-refractivity contribution in [3.63, 3.8) is 0 Å². The van der Waals surface area contributed by atoms with Gasteiger partial charge < -0.3 is 10.4 Å². The third-order valence-electron chi connectivity index (χ3n) is 1.70. The van der Waals surface area contributed by atoms with E-state index >= 15 is 0 Å². The molecule has 1 unspecified atom stereocenters. The van der Waals surface area contributed by atoms with E-state index in [1.165, 1.54) is 6.07 Å². The maximum Gasteiger partial charge on any atom is 0.148 e. The molecular formula is C9H9BrCl2FNO. The number of rotatable bonds is 4. The smallest absolute Gasteiger partial charge is 0.148 e. The van der Waals surface area contributed by atoms with Crippen molar-refractivity contribution in [1.82, 2.24) is 0 Å². The van der Waals surface area contributed by atoms with Gasteiger partial charge in [0.1, 0.15) is 5.82 Å². The minimum absolute atomic E-state index is 0.0861. The number of halogens is 4. The molecule has 1 atom stereocenters. The monoisotopic (exact) mass is 315 g/mol. The Balaban J connectivity index is 2.77. The quantitative estimate of drug-likeness (QED) is 0.836. The van der Waals surface area contributed by atoms with Gasteiger partial charge in [0.15, 0.2) is 0 Å². The first-order chi connectivity index (χ1) is 7.04. The highest BCUT2D eigenvalue weighted by Crippen LogP contribution is 2.29. The Hall–Kier alpha value is -0.0300. The van der Waals surface area contributed by atoms with Crippen LogP contribution in [0.15, 0.2) is 16.6 Å². The van der Waals surface area contributed by atoms with Crippen LogP contribution in [-0.4, -0.2) is 23.6 Å². The largest absolute Gasteiger partial charge is 0.390 e. The fourth-order valence-electron chi connectivity index (χ4n) is 0.986. The zero-order chi connectivity index (χ0) is 11.4. The molecular weight excluding hydrogens is 308 g/mol. The van der Waals surface area contributed by atoms with Crippen molar-refractivity contribution in [3.8, 4) is 0 Å². The van der Waals surface area contributed by atoms with E-state index in [1.54, 1.807) is 6.07 Å². The molecule has 6 heteroatoms. The summed E-state index contributed by atoms with van der Waals surface area (Å²) >= 11 is 14.3. The summed E-state index contributed by atoms with van der Waals surface area (Å²) in [4.78, 5) is 0. The average Bonchev–Trinajstić information content (AvgIpc) is 2.15. The van der Waals surface area contributed by atoms with Crippen molar-refractivity contribution in [2.24, 2.45) is 0 Å². The molecule has 0 bridgehead atoms. The Labute approximate surface area is 106 Å². The molecule has 0 saturated carbocycles. The molecule has 1 aromatic carbocycles. The Kier molecular flexibility index (Phi) is 5.12. The van der Waals surface area contributed by atoms with Gasteiger partial charge in [0.25, 0.3) is 0 Å². The molecule has 0 aliphatic rings. The molecule has 2 nitrogen and oxygen atoms in total. The summed E-state index contributed by atoms with van der Waals surface area (Å²) in [6.45, 7) is 0.155. The van der Waals surface area contributed by atoms with Crippen molar-refractivity contribution in [2.45, 2.75) is 6.10 Å². The highest BCUT2D eigenvalue weighted by atomic mass is 79.9. The summed E-state index contributed by atoms with van der Waals surface area (Å²) in [6.07, 6.45) is -0.731. The predicted molar refractivity (Wildman–Crippen MR) is 64.3 cm³/mol. The molecule has 0 amide bonds. The van der Waals surface area contributed by atoms with Gasteiger partial charge in [0, 0.05) is 11.0 Å². The molecule has 0 aliphatic carbocycles. The van der Waals surface area contributed by atoms with Gasteiger partial charge in [-0.25, -0.2) is 4.39 Å². The van der Waals surface area contributed by atoms with Crippen LogP contribution in [0.1, 0.15) is 0 Å². The highest BCUT2D eigenvalue weighted by Gasteiger charge is 2.10. The second-order valence-corrected chi connectivity index (χ2v) is 4.56. The van der Waals surface area contributed by atoms with E-state index < -0.39 is 11.9 Å². The molecule has 0 saturated heterocycles. The van der Waals surface area contributed by atoms with Crippen LogP contribution in [0.2, 0.25) is 5.02 Å². The topological polar surface area (TPSA) is 32.3 Å². The SMILES string of the molecule is OC(CCl)CNc1c(F)cc(Br)cc1Cl. The number of nitrogens with one attached hydrogen (secondary N) is 1.